The minimum atomic E-state index is 0.521. The Morgan fingerprint density at radius 3 is 2.53 bits per heavy atom. The molecule has 1 unspecified atom stereocenters. The van der Waals surface area contributed by atoms with Crippen LogP contribution in [0.5, 0.6) is 0 Å². The van der Waals surface area contributed by atoms with E-state index in [2.05, 4.69) is 39.1 Å². The Morgan fingerprint density at radius 2 is 2.07 bits per heavy atom. The SMILES string of the molecule is Cc1cc(C(C)NC2CC(C)C2)c(C)s1. The molecule has 1 heterocycles. The minimum Gasteiger partial charge on any atom is -0.307 e. The van der Waals surface area contributed by atoms with Gasteiger partial charge >= 0.3 is 0 Å². The van der Waals surface area contributed by atoms with Gasteiger partial charge in [-0.3, -0.25) is 0 Å². The molecule has 1 fully saturated rings. The molecule has 0 aliphatic heterocycles. The summed E-state index contributed by atoms with van der Waals surface area (Å²) in [4.78, 5) is 2.90. The number of nitrogens with one attached hydrogen (secondary N) is 1. The molecule has 0 radical (unpaired) electrons. The van der Waals surface area contributed by atoms with Gasteiger partial charge in [0, 0.05) is 21.8 Å². The minimum absolute atomic E-state index is 0.521. The Hall–Kier alpha value is -0.340. The highest BCUT2D eigenvalue weighted by atomic mass is 32.1. The predicted octanol–water partition coefficient (Wildman–Crippen LogP) is 3.81. The van der Waals surface area contributed by atoms with Crippen LogP contribution in [-0.2, 0) is 0 Å². The molecule has 0 bridgehead atoms. The third-order valence-electron chi connectivity index (χ3n) is 3.41. The van der Waals surface area contributed by atoms with E-state index < -0.39 is 0 Å². The second kappa shape index (κ2) is 4.26. The first-order valence-electron chi connectivity index (χ1n) is 5.89. The van der Waals surface area contributed by atoms with E-state index in [0.717, 1.165) is 12.0 Å². The van der Waals surface area contributed by atoms with Crippen LogP contribution in [0.1, 0.15) is 48.0 Å². The van der Waals surface area contributed by atoms with E-state index in [1.807, 2.05) is 11.3 Å². The molecule has 15 heavy (non-hydrogen) atoms. The maximum absolute atomic E-state index is 3.72. The molecule has 1 aliphatic rings. The Kier molecular flexibility index (Phi) is 3.17. The molecule has 2 heteroatoms. The Balaban J connectivity index is 1.95. The molecule has 84 valence electrons. The first-order valence-corrected chi connectivity index (χ1v) is 6.71. The molecular weight excluding hydrogens is 202 g/mol. The molecule has 1 N–H and O–H groups in total. The number of hydrogen-bond acceptors (Lipinski definition) is 2. The molecular formula is C13H21NS. The van der Waals surface area contributed by atoms with Crippen molar-refractivity contribution in [1.82, 2.24) is 5.32 Å². The van der Waals surface area contributed by atoms with E-state index in [0.29, 0.717) is 6.04 Å². The number of hydrogen-bond donors (Lipinski definition) is 1. The average molecular weight is 223 g/mol. The first kappa shape index (κ1) is 11.2. The normalized spacial score (nSPS) is 27.5. The molecule has 1 aromatic rings. The van der Waals surface area contributed by atoms with Crippen LogP contribution in [0, 0.1) is 19.8 Å². The van der Waals surface area contributed by atoms with Crippen LogP contribution in [0.15, 0.2) is 6.07 Å². The van der Waals surface area contributed by atoms with Crippen molar-refractivity contribution >= 4 is 11.3 Å². The highest BCUT2D eigenvalue weighted by molar-refractivity contribution is 7.12. The standard InChI is InChI=1S/C13H21NS/c1-8-5-12(6-8)14-10(3)13-7-9(2)15-11(13)4/h7-8,10,12,14H,5-6H2,1-4H3. The highest BCUT2D eigenvalue weighted by Gasteiger charge is 2.26. The second-order valence-electron chi connectivity index (χ2n) is 5.03. The van der Waals surface area contributed by atoms with Gasteiger partial charge in [0.1, 0.15) is 0 Å². The van der Waals surface area contributed by atoms with Crippen molar-refractivity contribution in [1.29, 1.82) is 0 Å². The smallest absolute Gasteiger partial charge is 0.0305 e. The third kappa shape index (κ3) is 2.43. The van der Waals surface area contributed by atoms with E-state index in [9.17, 15) is 0 Å². The van der Waals surface area contributed by atoms with Crippen LogP contribution < -0.4 is 5.32 Å². The molecule has 0 saturated heterocycles. The summed E-state index contributed by atoms with van der Waals surface area (Å²) in [7, 11) is 0. The summed E-state index contributed by atoms with van der Waals surface area (Å²) in [5, 5.41) is 3.72. The summed E-state index contributed by atoms with van der Waals surface area (Å²) in [6, 6.07) is 3.61. The van der Waals surface area contributed by atoms with Crippen molar-refractivity contribution in [3.8, 4) is 0 Å². The molecule has 0 spiro atoms. The zero-order valence-electron chi connectivity index (χ0n) is 10.1. The number of aryl methyl sites for hydroxylation is 2. The van der Waals surface area contributed by atoms with Gasteiger partial charge in [-0.2, -0.15) is 0 Å². The summed E-state index contributed by atoms with van der Waals surface area (Å²) in [5.74, 6) is 0.931. The Labute approximate surface area is 96.9 Å². The van der Waals surface area contributed by atoms with E-state index in [-0.39, 0.29) is 0 Å². The van der Waals surface area contributed by atoms with Crippen molar-refractivity contribution < 1.29 is 0 Å². The van der Waals surface area contributed by atoms with Crippen LogP contribution in [-0.4, -0.2) is 6.04 Å². The van der Waals surface area contributed by atoms with Crippen LogP contribution in [0.4, 0.5) is 0 Å². The topological polar surface area (TPSA) is 12.0 Å². The van der Waals surface area contributed by atoms with Gasteiger partial charge < -0.3 is 5.32 Å². The number of rotatable bonds is 3. The first-order chi connectivity index (χ1) is 7.06. The van der Waals surface area contributed by atoms with Crippen LogP contribution in [0.25, 0.3) is 0 Å². The summed E-state index contributed by atoms with van der Waals surface area (Å²) in [5.41, 5.74) is 1.50. The van der Waals surface area contributed by atoms with Gasteiger partial charge in [-0.05, 0) is 51.2 Å². The monoisotopic (exact) mass is 223 g/mol. The van der Waals surface area contributed by atoms with Crippen LogP contribution in [0.3, 0.4) is 0 Å². The van der Waals surface area contributed by atoms with Gasteiger partial charge in [0.05, 0.1) is 0 Å². The molecule has 1 saturated carbocycles. The van der Waals surface area contributed by atoms with Crippen LogP contribution in [0.2, 0.25) is 0 Å². The predicted molar refractivity (Wildman–Crippen MR) is 67.5 cm³/mol. The lowest BCUT2D eigenvalue weighted by Gasteiger charge is -2.35. The Morgan fingerprint density at radius 1 is 1.40 bits per heavy atom. The molecule has 1 atom stereocenters. The largest absolute Gasteiger partial charge is 0.307 e. The molecule has 1 nitrogen and oxygen atoms in total. The van der Waals surface area contributed by atoms with Crippen molar-refractivity contribution in [2.24, 2.45) is 5.92 Å². The van der Waals surface area contributed by atoms with Crippen molar-refractivity contribution in [3.05, 3.63) is 21.4 Å². The summed E-state index contributed by atoms with van der Waals surface area (Å²) >= 11 is 1.91. The summed E-state index contributed by atoms with van der Waals surface area (Å²) < 4.78 is 0. The fourth-order valence-corrected chi connectivity index (χ4v) is 3.58. The maximum atomic E-state index is 3.72. The lowest BCUT2D eigenvalue weighted by atomic mass is 9.81. The number of thiophene rings is 1. The molecule has 0 aromatic carbocycles. The lowest BCUT2D eigenvalue weighted by Crippen LogP contribution is -2.41. The molecule has 1 aromatic heterocycles. The van der Waals surface area contributed by atoms with E-state index in [1.54, 1.807) is 0 Å². The zero-order chi connectivity index (χ0) is 11.0. The Bertz CT molecular complexity index is 336. The molecule has 0 amide bonds. The van der Waals surface area contributed by atoms with E-state index in [4.69, 9.17) is 0 Å². The van der Waals surface area contributed by atoms with Crippen molar-refractivity contribution in [2.45, 2.75) is 52.6 Å². The van der Waals surface area contributed by atoms with Gasteiger partial charge in [-0.15, -0.1) is 11.3 Å². The van der Waals surface area contributed by atoms with Crippen LogP contribution >= 0.6 is 11.3 Å². The van der Waals surface area contributed by atoms with Gasteiger partial charge in [0.25, 0.3) is 0 Å². The van der Waals surface area contributed by atoms with E-state index in [1.165, 1.54) is 28.2 Å². The van der Waals surface area contributed by atoms with Crippen molar-refractivity contribution in [2.75, 3.05) is 0 Å². The lowest BCUT2D eigenvalue weighted by molar-refractivity contribution is 0.226. The second-order valence-corrected chi connectivity index (χ2v) is 6.49. The zero-order valence-corrected chi connectivity index (χ0v) is 10.9. The van der Waals surface area contributed by atoms with Gasteiger partial charge in [0.15, 0.2) is 0 Å². The molecule has 2 rings (SSSR count). The molecule has 1 aliphatic carbocycles. The summed E-state index contributed by atoms with van der Waals surface area (Å²) in [6.07, 6.45) is 2.71. The van der Waals surface area contributed by atoms with Gasteiger partial charge in [-0.25, -0.2) is 0 Å². The van der Waals surface area contributed by atoms with Gasteiger partial charge in [-0.1, -0.05) is 6.92 Å². The average Bonchev–Trinajstić information content (AvgIpc) is 2.42. The van der Waals surface area contributed by atoms with Gasteiger partial charge in [0.2, 0.25) is 0 Å². The highest BCUT2D eigenvalue weighted by Crippen LogP contribution is 2.31. The summed E-state index contributed by atoms with van der Waals surface area (Å²) in [6.45, 7) is 9.05. The van der Waals surface area contributed by atoms with Crippen molar-refractivity contribution in [3.63, 3.8) is 0 Å². The quantitative estimate of drug-likeness (QED) is 0.821. The van der Waals surface area contributed by atoms with E-state index >= 15 is 0 Å². The maximum Gasteiger partial charge on any atom is 0.0305 e. The fourth-order valence-electron chi connectivity index (χ4n) is 2.56. The fraction of sp³-hybridized carbons (Fsp3) is 0.692. The third-order valence-corrected chi connectivity index (χ3v) is 4.39.